The zero-order valence-corrected chi connectivity index (χ0v) is 13.1. The van der Waals surface area contributed by atoms with Crippen molar-refractivity contribution in [3.8, 4) is 0 Å². The first-order chi connectivity index (χ1) is 11.5. The van der Waals surface area contributed by atoms with E-state index < -0.39 is 11.8 Å². The molecule has 0 unspecified atom stereocenters. The molecule has 0 bridgehead atoms. The SMILES string of the molecule is NC(=O)C(=O)N/N=C\c1cccc(NC(=O)c2ccccc2Cl)c1. The molecule has 0 atom stereocenters. The first-order valence-corrected chi connectivity index (χ1v) is 7.14. The van der Waals surface area contributed by atoms with Crippen LogP contribution in [0.4, 0.5) is 5.69 Å². The minimum Gasteiger partial charge on any atom is -0.361 e. The maximum atomic E-state index is 12.2. The van der Waals surface area contributed by atoms with Crippen molar-refractivity contribution in [3.05, 3.63) is 64.7 Å². The minimum atomic E-state index is -1.13. The zero-order chi connectivity index (χ0) is 17.5. The van der Waals surface area contributed by atoms with Gasteiger partial charge in [0.25, 0.3) is 5.91 Å². The van der Waals surface area contributed by atoms with Crippen molar-refractivity contribution in [1.82, 2.24) is 5.43 Å². The maximum Gasteiger partial charge on any atom is 0.329 e. The molecule has 2 rings (SSSR count). The van der Waals surface area contributed by atoms with Crippen LogP contribution in [-0.2, 0) is 9.59 Å². The third-order valence-electron chi connectivity index (χ3n) is 2.87. The molecule has 24 heavy (non-hydrogen) atoms. The van der Waals surface area contributed by atoms with Crippen molar-refractivity contribution >= 4 is 41.2 Å². The van der Waals surface area contributed by atoms with E-state index in [1.165, 1.54) is 6.21 Å². The van der Waals surface area contributed by atoms with E-state index in [1.807, 2.05) is 5.43 Å². The van der Waals surface area contributed by atoms with Gasteiger partial charge in [-0.05, 0) is 29.8 Å². The number of anilines is 1. The molecule has 0 aliphatic heterocycles. The highest BCUT2D eigenvalue weighted by Crippen LogP contribution is 2.17. The number of carbonyl (C=O) groups excluding carboxylic acids is 3. The summed E-state index contributed by atoms with van der Waals surface area (Å²) in [6.45, 7) is 0. The topological polar surface area (TPSA) is 114 Å². The molecule has 4 N–H and O–H groups in total. The van der Waals surface area contributed by atoms with Gasteiger partial charge in [-0.3, -0.25) is 14.4 Å². The van der Waals surface area contributed by atoms with E-state index in [-0.39, 0.29) is 5.91 Å². The molecule has 122 valence electrons. The van der Waals surface area contributed by atoms with Crippen molar-refractivity contribution in [3.63, 3.8) is 0 Å². The Morgan fingerprint density at radius 2 is 1.83 bits per heavy atom. The van der Waals surface area contributed by atoms with Crippen LogP contribution in [0.1, 0.15) is 15.9 Å². The summed E-state index contributed by atoms with van der Waals surface area (Å²) >= 11 is 5.98. The summed E-state index contributed by atoms with van der Waals surface area (Å²) in [6, 6.07) is 13.4. The highest BCUT2D eigenvalue weighted by molar-refractivity contribution is 6.34. The number of hydrogen-bond acceptors (Lipinski definition) is 4. The number of hydrogen-bond donors (Lipinski definition) is 3. The molecule has 0 saturated carbocycles. The Bertz CT molecular complexity index is 820. The molecule has 0 aliphatic carbocycles. The molecular formula is C16H13ClN4O3. The van der Waals surface area contributed by atoms with Gasteiger partial charge in [-0.1, -0.05) is 35.9 Å². The van der Waals surface area contributed by atoms with Crippen molar-refractivity contribution in [2.24, 2.45) is 10.8 Å². The molecule has 8 heteroatoms. The van der Waals surface area contributed by atoms with Gasteiger partial charge in [0.1, 0.15) is 0 Å². The molecular weight excluding hydrogens is 332 g/mol. The van der Waals surface area contributed by atoms with Gasteiger partial charge in [-0.15, -0.1) is 0 Å². The fraction of sp³-hybridized carbons (Fsp3) is 0. The summed E-state index contributed by atoms with van der Waals surface area (Å²) < 4.78 is 0. The van der Waals surface area contributed by atoms with Crippen molar-refractivity contribution in [2.75, 3.05) is 5.32 Å². The van der Waals surface area contributed by atoms with Gasteiger partial charge >= 0.3 is 11.8 Å². The number of amides is 3. The van der Waals surface area contributed by atoms with Crippen molar-refractivity contribution in [2.45, 2.75) is 0 Å². The van der Waals surface area contributed by atoms with Gasteiger partial charge in [0.15, 0.2) is 0 Å². The Kier molecular flexibility index (Phi) is 5.64. The molecule has 7 nitrogen and oxygen atoms in total. The van der Waals surface area contributed by atoms with Crippen LogP contribution in [0.5, 0.6) is 0 Å². The monoisotopic (exact) mass is 344 g/mol. The number of hydrazone groups is 1. The molecule has 0 saturated heterocycles. The number of nitrogens with one attached hydrogen (secondary N) is 2. The number of nitrogens with zero attached hydrogens (tertiary/aromatic N) is 1. The Balaban J connectivity index is 2.06. The predicted octanol–water partition coefficient (Wildman–Crippen LogP) is 1.53. The van der Waals surface area contributed by atoms with Crippen molar-refractivity contribution < 1.29 is 14.4 Å². The Labute approximate surface area is 142 Å². The molecule has 0 heterocycles. The van der Waals surface area contributed by atoms with E-state index in [0.717, 1.165) is 0 Å². The lowest BCUT2D eigenvalue weighted by molar-refractivity contribution is -0.137. The molecule has 0 aliphatic rings. The van der Waals surface area contributed by atoms with Crippen LogP contribution in [0.25, 0.3) is 0 Å². The van der Waals surface area contributed by atoms with Crippen LogP contribution >= 0.6 is 11.6 Å². The van der Waals surface area contributed by atoms with E-state index in [0.29, 0.717) is 21.8 Å². The number of halogens is 1. The van der Waals surface area contributed by atoms with E-state index in [9.17, 15) is 14.4 Å². The number of primary amides is 1. The first kappa shape index (κ1) is 17.2. The van der Waals surface area contributed by atoms with Gasteiger partial charge < -0.3 is 11.1 Å². The molecule has 0 radical (unpaired) electrons. The second-order valence-corrected chi connectivity index (χ2v) is 5.03. The molecule has 0 fully saturated rings. The van der Waals surface area contributed by atoms with Crippen LogP contribution in [0.2, 0.25) is 5.02 Å². The lowest BCUT2D eigenvalue weighted by Crippen LogP contribution is -2.32. The van der Waals surface area contributed by atoms with Crippen LogP contribution in [0, 0.1) is 0 Å². The second kappa shape index (κ2) is 7.89. The van der Waals surface area contributed by atoms with Crippen LogP contribution in [0.3, 0.4) is 0 Å². The third kappa shape index (κ3) is 4.65. The summed E-state index contributed by atoms with van der Waals surface area (Å²) in [5, 5.41) is 6.66. The zero-order valence-electron chi connectivity index (χ0n) is 12.3. The lowest BCUT2D eigenvalue weighted by Gasteiger charge is -2.07. The van der Waals surface area contributed by atoms with Gasteiger partial charge in [0, 0.05) is 5.69 Å². The number of benzene rings is 2. The molecule has 2 aromatic rings. The molecule has 0 aromatic heterocycles. The average Bonchev–Trinajstić information content (AvgIpc) is 2.55. The van der Waals surface area contributed by atoms with Gasteiger partial charge in [-0.2, -0.15) is 5.10 Å². The third-order valence-corrected chi connectivity index (χ3v) is 3.20. The highest BCUT2D eigenvalue weighted by atomic mass is 35.5. The fourth-order valence-electron chi connectivity index (χ4n) is 1.76. The minimum absolute atomic E-state index is 0.349. The molecule has 0 spiro atoms. The van der Waals surface area contributed by atoms with Gasteiger partial charge in [-0.25, -0.2) is 5.43 Å². The van der Waals surface area contributed by atoms with Crippen LogP contribution in [-0.4, -0.2) is 23.9 Å². The first-order valence-electron chi connectivity index (χ1n) is 6.76. The quantitative estimate of drug-likeness (QED) is 0.444. The normalized spacial score (nSPS) is 10.4. The summed E-state index contributed by atoms with van der Waals surface area (Å²) in [5.74, 6) is -2.50. The van der Waals surface area contributed by atoms with Crippen LogP contribution < -0.4 is 16.5 Å². The summed E-state index contributed by atoms with van der Waals surface area (Å²) in [5.41, 5.74) is 8.22. The Morgan fingerprint density at radius 1 is 1.08 bits per heavy atom. The standard InChI is InChI=1S/C16H13ClN4O3/c17-13-7-2-1-6-12(13)15(23)20-11-5-3-4-10(8-11)9-19-21-16(24)14(18)22/h1-9H,(H2,18,22)(H,20,23)(H,21,24)/b19-9-. The Morgan fingerprint density at radius 3 is 2.54 bits per heavy atom. The van der Waals surface area contributed by atoms with E-state index in [1.54, 1.807) is 48.5 Å². The second-order valence-electron chi connectivity index (χ2n) is 4.62. The van der Waals surface area contributed by atoms with E-state index >= 15 is 0 Å². The fourth-order valence-corrected chi connectivity index (χ4v) is 1.98. The number of carbonyl (C=O) groups is 3. The van der Waals surface area contributed by atoms with Crippen LogP contribution in [0.15, 0.2) is 53.6 Å². The smallest absolute Gasteiger partial charge is 0.329 e. The van der Waals surface area contributed by atoms with E-state index in [2.05, 4.69) is 10.4 Å². The molecule has 3 amide bonds. The molecule has 2 aromatic carbocycles. The lowest BCUT2D eigenvalue weighted by atomic mass is 10.2. The summed E-state index contributed by atoms with van der Waals surface area (Å²) in [7, 11) is 0. The largest absolute Gasteiger partial charge is 0.361 e. The van der Waals surface area contributed by atoms with Crippen molar-refractivity contribution in [1.29, 1.82) is 0 Å². The Hall–Kier alpha value is -3.19. The number of rotatable bonds is 4. The van der Waals surface area contributed by atoms with Gasteiger partial charge in [0.05, 0.1) is 16.8 Å². The highest BCUT2D eigenvalue weighted by Gasteiger charge is 2.10. The average molecular weight is 345 g/mol. The number of nitrogens with two attached hydrogens (primary N) is 1. The predicted molar refractivity (Wildman–Crippen MR) is 90.8 cm³/mol. The maximum absolute atomic E-state index is 12.2. The summed E-state index contributed by atoms with van der Waals surface area (Å²) in [4.78, 5) is 33.7. The summed E-state index contributed by atoms with van der Waals surface area (Å²) in [6.07, 6.45) is 1.31. The van der Waals surface area contributed by atoms with Gasteiger partial charge in [0.2, 0.25) is 0 Å². The van der Waals surface area contributed by atoms with E-state index in [4.69, 9.17) is 17.3 Å².